The summed E-state index contributed by atoms with van der Waals surface area (Å²) in [6, 6.07) is 18.9. The second-order valence-electron chi connectivity index (χ2n) is 7.07. The Morgan fingerprint density at radius 2 is 1.74 bits per heavy atom. The molecule has 31 heavy (non-hydrogen) atoms. The van der Waals surface area contributed by atoms with Gasteiger partial charge in [-0.25, -0.2) is 13.4 Å². The number of para-hydroxylation sites is 1. The molecule has 4 aromatic rings. The molecule has 0 saturated carbocycles. The quantitative estimate of drug-likeness (QED) is 0.447. The first kappa shape index (κ1) is 20.6. The normalized spacial score (nSPS) is 11.4. The lowest BCUT2D eigenvalue weighted by Gasteiger charge is -2.12. The van der Waals surface area contributed by atoms with E-state index in [2.05, 4.69) is 15.0 Å². The monoisotopic (exact) mass is 434 g/mol. The predicted molar refractivity (Wildman–Crippen MR) is 121 cm³/mol. The molecule has 0 aliphatic rings. The third-order valence-electron chi connectivity index (χ3n) is 4.74. The number of rotatable bonds is 7. The highest BCUT2D eigenvalue weighted by Gasteiger charge is 2.18. The van der Waals surface area contributed by atoms with Crippen LogP contribution in [-0.2, 0) is 14.8 Å². The Kier molecular flexibility index (Phi) is 5.73. The summed E-state index contributed by atoms with van der Waals surface area (Å²) >= 11 is 0. The van der Waals surface area contributed by atoms with E-state index in [1.165, 1.54) is 12.1 Å². The van der Waals surface area contributed by atoms with Gasteiger partial charge in [0, 0.05) is 30.1 Å². The lowest BCUT2D eigenvalue weighted by atomic mass is 10.1. The lowest BCUT2D eigenvalue weighted by molar-refractivity contribution is -0.116. The summed E-state index contributed by atoms with van der Waals surface area (Å²) in [6.45, 7) is 1.92. The topological polar surface area (TPSA) is 92.6 Å². The molecule has 0 saturated heterocycles. The van der Waals surface area contributed by atoms with Crippen molar-refractivity contribution in [2.24, 2.45) is 0 Å². The van der Waals surface area contributed by atoms with Gasteiger partial charge in [-0.2, -0.15) is 0 Å². The molecule has 0 fully saturated rings. The number of hydrogen-bond donors (Lipinski definition) is 2. The van der Waals surface area contributed by atoms with Crippen LogP contribution in [-0.4, -0.2) is 23.7 Å². The van der Waals surface area contributed by atoms with Crippen LogP contribution in [0.25, 0.3) is 16.9 Å². The molecule has 0 atom stereocenters. The maximum Gasteiger partial charge on any atom is 0.261 e. The van der Waals surface area contributed by atoms with E-state index < -0.39 is 10.0 Å². The van der Waals surface area contributed by atoms with E-state index in [1.54, 1.807) is 24.3 Å². The molecule has 7 nitrogen and oxygen atoms in total. The zero-order valence-electron chi connectivity index (χ0n) is 16.9. The van der Waals surface area contributed by atoms with Crippen LogP contribution in [0, 0.1) is 0 Å². The van der Waals surface area contributed by atoms with Crippen LogP contribution >= 0.6 is 0 Å². The molecule has 2 N–H and O–H groups in total. The summed E-state index contributed by atoms with van der Waals surface area (Å²) in [6.07, 6.45) is 4.91. The van der Waals surface area contributed by atoms with Crippen molar-refractivity contribution in [3.8, 4) is 11.3 Å². The van der Waals surface area contributed by atoms with Gasteiger partial charge in [0.2, 0.25) is 5.91 Å². The molecule has 8 heteroatoms. The maximum atomic E-state index is 13.0. The van der Waals surface area contributed by atoms with E-state index >= 15 is 0 Å². The largest absolute Gasteiger partial charge is 0.326 e. The number of hydrogen-bond acceptors (Lipinski definition) is 4. The van der Waals surface area contributed by atoms with Gasteiger partial charge < -0.3 is 9.72 Å². The zero-order chi connectivity index (χ0) is 21.8. The second kappa shape index (κ2) is 8.61. The molecule has 2 aromatic heterocycles. The van der Waals surface area contributed by atoms with Gasteiger partial charge in [0.05, 0.1) is 16.3 Å². The Balaban J connectivity index is 1.59. The first-order valence-corrected chi connectivity index (χ1v) is 11.4. The van der Waals surface area contributed by atoms with Crippen molar-refractivity contribution in [1.82, 2.24) is 9.38 Å². The van der Waals surface area contributed by atoms with Gasteiger partial charge in [0.15, 0.2) is 0 Å². The Hall–Kier alpha value is -3.65. The van der Waals surface area contributed by atoms with Gasteiger partial charge in [-0.05, 0) is 48.9 Å². The lowest BCUT2D eigenvalue weighted by Crippen LogP contribution is -2.14. The molecular weight excluding hydrogens is 412 g/mol. The van der Waals surface area contributed by atoms with Gasteiger partial charge in [-0.15, -0.1) is 0 Å². The van der Waals surface area contributed by atoms with Crippen molar-refractivity contribution in [1.29, 1.82) is 0 Å². The van der Waals surface area contributed by atoms with E-state index in [-0.39, 0.29) is 10.8 Å². The number of anilines is 2. The van der Waals surface area contributed by atoms with E-state index in [0.29, 0.717) is 29.1 Å². The van der Waals surface area contributed by atoms with Gasteiger partial charge in [-0.3, -0.25) is 9.52 Å². The van der Waals surface area contributed by atoms with Gasteiger partial charge in [-0.1, -0.05) is 31.2 Å². The van der Waals surface area contributed by atoms with Crippen LogP contribution in [0.15, 0.2) is 84.0 Å². The van der Waals surface area contributed by atoms with Gasteiger partial charge in [0.25, 0.3) is 10.0 Å². The summed E-state index contributed by atoms with van der Waals surface area (Å²) in [5.74, 6) is -0.0994. The fraction of sp³-hybridized carbons (Fsp3) is 0.130. The number of carbonyl (C=O) groups excluding carboxylic acids is 1. The van der Waals surface area contributed by atoms with Crippen molar-refractivity contribution in [3.63, 3.8) is 0 Å². The molecule has 0 aliphatic heterocycles. The van der Waals surface area contributed by atoms with Crippen LogP contribution in [0.1, 0.15) is 19.8 Å². The van der Waals surface area contributed by atoms with Crippen LogP contribution in [0.2, 0.25) is 0 Å². The van der Waals surface area contributed by atoms with Gasteiger partial charge in [0.1, 0.15) is 5.65 Å². The number of benzene rings is 2. The Labute approximate surface area is 180 Å². The van der Waals surface area contributed by atoms with E-state index in [4.69, 9.17) is 0 Å². The summed E-state index contributed by atoms with van der Waals surface area (Å²) in [5.41, 5.74) is 3.11. The summed E-state index contributed by atoms with van der Waals surface area (Å²) < 4.78 is 30.5. The van der Waals surface area contributed by atoms with Crippen LogP contribution in [0.4, 0.5) is 11.4 Å². The highest BCUT2D eigenvalue weighted by atomic mass is 32.2. The second-order valence-corrected chi connectivity index (χ2v) is 8.75. The number of carbonyl (C=O) groups is 1. The smallest absolute Gasteiger partial charge is 0.261 e. The van der Waals surface area contributed by atoms with Gasteiger partial charge >= 0.3 is 0 Å². The SMILES string of the molecule is CCCC(=O)Nc1ccc(S(=O)(=O)Nc2ccccc2-c2cn3ccccc3n2)cc1. The molecule has 158 valence electrons. The molecular formula is C23H22N4O3S. The van der Waals surface area contributed by atoms with E-state index in [0.717, 1.165) is 12.1 Å². The minimum atomic E-state index is -3.83. The first-order chi connectivity index (χ1) is 15.0. The Morgan fingerprint density at radius 3 is 2.48 bits per heavy atom. The summed E-state index contributed by atoms with van der Waals surface area (Å²) in [5, 5.41) is 2.75. The van der Waals surface area contributed by atoms with Crippen molar-refractivity contribution in [3.05, 3.63) is 79.1 Å². The molecule has 0 radical (unpaired) electrons. The number of fused-ring (bicyclic) bond motifs is 1. The highest BCUT2D eigenvalue weighted by Crippen LogP contribution is 2.29. The molecule has 0 bridgehead atoms. The van der Waals surface area contributed by atoms with Crippen LogP contribution in [0.5, 0.6) is 0 Å². The number of imidazole rings is 1. The number of nitrogens with zero attached hydrogens (tertiary/aromatic N) is 2. The van der Waals surface area contributed by atoms with Crippen LogP contribution < -0.4 is 10.0 Å². The Morgan fingerprint density at radius 1 is 1.00 bits per heavy atom. The number of aromatic nitrogens is 2. The molecule has 4 rings (SSSR count). The number of pyridine rings is 1. The van der Waals surface area contributed by atoms with E-state index in [1.807, 2.05) is 54.0 Å². The van der Waals surface area contributed by atoms with Crippen LogP contribution in [0.3, 0.4) is 0 Å². The Bertz CT molecular complexity index is 1300. The standard InChI is InChI=1S/C23H22N4O3S/c1-2-7-23(28)24-17-11-13-18(14-12-17)31(29,30)26-20-9-4-3-8-19(20)21-16-27-15-6-5-10-22(27)25-21/h3-6,8-16,26H,2,7H2,1H3,(H,24,28). The molecule has 1 amide bonds. The van der Waals surface area contributed by atoms with Crippen molar-refractivity contribution < 1.29 is 13.2 Å². The molecule has 2 heterocycles. The average molecular weight is 435 g/mol. The highest BCUT2D eigenvalue weighted by molar-refractivity contribution is 7.92. The number of nitrogens with one attached hydrogen (secondary N) is 2. The zero-order valence-corrected chi connectivity index (χ0v) is 17.8. The average Bonchev–Trinajstić information content (AvgIpc) is 3.18. The summed E-state index contributed by atoms with van der Waals surface area (Å²) in [7, 11) is -3.83. The van der Waals surface area contributed by atoms with E-state index in [9.17, 15) is 13.2 Å². The number of amides is 1. The maximum absolute atomic E-state index is 13.0. The fourth-order valence-corrected chi connectivity index (χ4v) is 4.31. The third-order valence-corrected chi connectivity index (χ3v) is 6.12. The fourth-order valence-electron chi connectivity index (χ4n) is 3.23. The van der Waals surface area contributed by atoms with Crippen molar-refractivity contribution in [2.75, 3.05) is 10.0 Å². The molecule has 2 aromatic carbocycles. The first-order valence-electron chi connectivity index (χ1n) is 9.92. The molecule has 0 unspecified atom stereocenters. The summed E-state index contributed by atoms with van der Waals surface area (Å²) in [4.78, 5) is 16.4. The number of sulfonamides is 1. The van der Waals surface area contributed by atoms with Crippen molar-refractivity contribution >= 4 is 33.0 Å². The van der Waals surface area contributed by atoms with Crippen molar-refractivity contribution in [2.45, 2.75) is 24.7 Å². The molecule has 0 aliphatic carbocycles. The third kappa shape index (κ3) is 4.59. The molecule has 0 spiro atoms. The minimum absolute atomic E-state index is 0.0994. The minimum Gasteiger partial charge on any atom is -0.326 e. The predicted octanol–water partition coefficient (Wildman–Crippen LogP) is 4.54.